The van der Waals surface area contributed by atoms with Crippen LogP contribution in [0.4, 0.5) is 0 Å². The molecule has 0 spiro atoms. The molecule has 5 heteroatoms. The Morgan fingerprint density at radius 3 is 2.57 bits per heavy atom. The van der Waals surface area contributed by atoms with Crippen LogP contribution in [0.25, 0.3) is 0 Å². The number of unbranched alkanes of at least 4 members (excludes halogenated alkanes) is 1. The van der Waals surface area contributed by atoms with Crippen LogP contribution in [0, 0.1) is 0 Å². The number of carbonyl (C=O) groups excluding carboxylic acids is 2. The predicted octanol–water partition coefficient (Wildman–Crippen LogP) is -0.504. The number of amides is 2. The molecule has 2 amide bonds. The Balaban J connectivity index is 3.56. The smallest absolute Gasteiger partial charge is 0.236 e. The van der Waals surface area contributed by atoms with Crippen LogP contribution in [-0.2, 0) is 9.59 Å². The van der Waals surface area contributed by atoms with E-state index in [4.69, 9.17) is 11.5 Å². The third-order valence-electron chi connectivity index (χ3n) is 1.88. The van der Waals surface area contributed by atoms with Crippen LogP contribution >= 0.6 is 0 Å². The Morgan fingerprint density at radius 1 is 1.43 bits per heavy atom. The second-order valence-corrected chi connectivity index (χ2v) is 3.26. The fourth-order valence-electron chi connectivity index (χ4n) is 0.995. The van der Waals surface area contributed by atoms with Crippen LogP contribution in [-0.4, -0.2) is 24.4 Å². The molecule has 82 valence electrons. The Labute approximate surface area is 84.2 Å². The van der Waals surface area contributed by atoms with Gasteiger partial charge >= 0.3 is 0 Å². The van der Waals surface area contributed by atoms with E-state index in [9.17, 15) is 9.59 Å². The molecule has 0 fully saturated rings. The van der Waals surface area contributed by atoms with Crippen LogP contribution in [0.2, 0.25) is 0 Å². The first-order valence-corrected chi connectivity index (χ1v) is 4.89. The Hall–Kier alpha value is -1.10. The van der Waals surface area contributed by atoms with Gasteiger partial charge in [0.2, 0.25) is 11.8 Å². The molecule has 0 aliphatic carbocycles. The molecule has 0 aromatic carbocycles. The quantitative estimate of drug-likeness (QED) is 0.517. The molecule has 0 saturated carbocycles. The van der Waals surface area contributed by atoms with Gasteiger partial charge in [0.05, 0.1) is 6.04 Å². The van der Waals surface area contributed by atoms with Crippen molar-refractivity contribution in [2.24, 2.45) is 11.5 Å². The fraction of sp³-hybridized carbons (Fsp3) is 0.778. The average Bonchev–Trinajstić information content (AvgIpc) is 2.13. The number of carbonyl (C=O) groups is 2. The number of primary amides is 1. The van der Waals surface area contributed by atoms with Crippen molar-refractivity contribution in [3.63, 3.8) is 0 Å². The summed E-state index contributed by atoms with van der Waals surface area (Å²) in [6.45, 7) is 2.31. The van der Waals surface area contributed by atoms with E-state index >= 15 is 0 Å². The van der Waals surface area contributed by atoms with Gasteiger partial charge in [0.25, 0.3) is 0 Å². The van der Waals surface area contributed by atoms with E-state index in [1.165, 1.54) is 0 Å². The van der Waals surface area contributed by atoms with Crippen molar-refractivity contribution in [2.45, 2.75) is 38.6 Å². The van der Waals surface area contributed by atoms with E-state index in [1.54, 1.807) is 0 Å². The number of hydrogen-bond donors (Lipinski definition) is 3. The second-order valence-electron chi connectivity index (χ2n) is 3.26. The summed E-state index contributed by atoms with van der Waals surface area (Å²) < 4.78 is 0. The molecule has 0 saturated heterocycles. The van der Waals surface area contributed by atoms with Gasteiger partial charge in [-0.2, -0.15) is 0 Å². The third-order valence-corrected chi connectivity index (χ3v) is 1.88. The van der Waals surface area contributed by atoms with E-state index < -0.39 is 11.9 Å². The lowest BCUT2D eigenvalue weighted by atomic mass is 10.1. The third kappa shape index (κ3) is 6.42. The van der Waals surface area contributed by atoms with Gasteiger partial charge in [0.15, 0.2) is 0 Å². The molecule has 0 aromatic heterocycles. The lowest BCUT2D eigenvalue weighted by Crippen LogP contribution is -2.41. The highest BCUT2D eigenvalue weighted by molar-refractivity contribution is 5.82. The highest BCUT2D eigenvalue weighted by Crippen LogP contribution is 1.97. The standard InChI is InChI=1S/C9H19N3O2/c1-2-3-4-7(10)9(14)12-6-5-8(11)13/h7H,2-6,10H2,1H3,(H2,11,13)(H,12,14)/t7-/m0/s1. The molecule has 5 nitrogen and oxygen atoms in total. The molecule has 14 heavy (non-hydrogen) atoms. The lowest BCUT2D eigenvalue weighted by Gasteiger charge is -2.10. The van der Waals surface area contributed by atoms with Gasteiger partial charge in [-0.1, -0.05) is 19.8 Å². The first-order valence-electron chi connectivity index (χ1n) is 4.89. The van der Waals surface area contributed by atoms with E-state index in [0.717, 1.165) is 12.8 Å². The molecule has 1 atom stereocenters. The minimum Gasteiger partial charge on any atom is -0.370 e. The van der Waals surface area contributed by atoms with Gasteiger partial charge < -0.3 is 16.8 Å². The van der Waals surface area contributed by atoms with Crippen LogP contribution < -0.4 is 16.8 Å². The Morgan fingerprint density at radius 2 is 2.07 bits per heavy atom. The van der Waals surface area contributed by atoms with Gasteiger partial charge in [-0.25, -0.2) is 0 Å². The van der Waals surface area contributed by atoms with E-state index in [1.807, 2.05) is 6.92 Å². The van der Waals surface area contributed by atoms with Gasteiger partial charge in [0.1, 0.15) is 0 Å². The first-order chi connectivity index (χ1) is 6.57. The molecule has 0 bridgehead atoms. The molecule has 0 radical (unpaired) electrons. The molecule has 0 aliphatic heterocycles. The van der Waals surface area contributed by atoms with E-state index in [-0.39, 0.29) is 18.9 Å². The van der Waals surface area contributed by atoms with E-state index in [0.29, 0.717) is 6.42 Å². The summed E-state index contributed by atoms with van der Waals surface area (Å²) >= 11 is 0. The zero-order valence-corrected chi connectivity index (χ0v) is 8.58. The van der Waals surface area contributed by atoms with Gasteiger partial charge in [0, 0.05) is 13.0 Å². The molecule has 0 rings (SSSR count). The van der Waals surface area contributed by atoms with Crippen molar-refractivity contribution in [2.75, 3.05) is 6.54 Å². The van der Waals surface area contributed by atoms with Crippen molar-refractivity contribution < 1.29 is 9.59 Å². The molecule has 0 unspecified atom stereocenters. The maximum Gasteiger partial charge on any atom is 0.236 e. The number of nitrogens with one attached hydrogen (secondary N) is 1. The molecule has 0 aliphatic rings. The summed E-state index contributed by atoms with van der Waals surface area (Å²) in [7, 11) is 0. The Bertz CT molecular complexity index is 194. The number of hydrogen-bond acceptors (Lipinski definition) is 3. The monoisotopic (exact) mass is 201 g/mol. The SMILES string of the molecule is CCCC[C@H](N)C(=O)NCCC(N)=O. The van der Waals surface area contributed by atoms with Crippen LogP contribution in [0.15, 0.2) is 0 Å². The summed E-state index contributed by atoms with van der Waals surface area (Å²) in [5, 5.41) is 2.56. The van der Waals surface area contributed by atoms with Crippen molar-refractivity contribution in [3.8, 4) is 0 Å². The van der Waals surface area contributed by atoms with E-state index in [2.05, 4.69) is 5.32 Å². The average molecular weight is 201 g/mol. The van der Waals surface area contributed by atoms with Gasteiger partial charge in [-0.05, 0) is 6.42 Å². The molecule has 0 aromatic rings. The van der Waals surface area contributed by atoms with Gasteiger partial charge in [-0.3, -0.25) is 9.59 Å². The maximum atomic E-state index is 11.2. The molecular formula is C9H19N3O2. The highest BCUT2D eigenvalue weighted by Gasteiger charge is 2.11. The second kappa shape index (κ2) is 7.32. The Kier molecular flexibility index (Phi) is 6.74. The number of rotatable bonds is 7. The minimum atomic E-state index is -0.470. The van der Waals surface area contributed by atoms with Crippen molar-refractivity contribution in [1.29, 1.82) is 0 Å². The number of nitrogens with two attached hydrogens (primary N) is 2. The van der Waals surface area contributed by atoms with Crippen molar-refractivity contribution in [3.05, 3.63) is 0 Å². The normalized spacial score (nSPS) is 12.1. The zero-order chi connectivity index (χ0) is 11.0. The van der Waals surface area contributed by atoms with Crippen molar-refractivity contribution in [1.82, 2.24) is 5.32 Å². The summed E-state index contributed by atoms with van der Waals surface area (Å²) in [5.74, 6) is -0.632. The van der Waals surface area contributed by atoms with Crippen molar-refractivity contribution >= 4 is 11.8 Å². The molecule has 5 N–H and O–H groups in total. The largest absolute Gasteiger partial charge is 0.370 e. The first kappa shape index (κ1) is 12.9. The minimum absolute atomic E-state index is 0.159. The topological polar surface area (TPSA) is 98.2 Å². The summed E-state index contributed by atoms with van der Waals surface area (Å²) in [4.78, 5) is 21.6. The summed E-state index contributed by atoms with van der Waals surface area (Å²) in [6.07, 6.45) is 2.79. The molecular weight excluding hydrogens is 182 g/mol. The maximum absolute atomic E-state index is 11.2. The van der Waals surface area contributed by atoms with Gasteiger partial charge in [-0.15, -0.1) is 0 Å². The van der Waals surface area contributed by atoms with Crippen LogP contribution in [0.5, 0.6) is 0 Å². The van der Waals surface area contributed by atoms with Crippen LogP contribution in [0.1, 0.15) is 32.6 Å². The molecule has 0 heterocycles. The predicted molar refractivity (Wildman–Crippen MR) is 54.3 cm³/mol. The summed E-state index contributed by atoms with van der Waals surface area (Å²) in [6, 6.07) is -0.470. The fourth-order valence-corrected chi connectivity index (χ4v) is 0.995. The zero-order valence-electron chi connectivity index (χ0n) is 8.58. The highest BCUT2D eigenvalue weighted by atomic mass is 16.2. The summed E-state index contributed by atoms with van der Waals surface area (Å²) in [5.41, 5.74) is 10.5. The van der Waals surface area contributed by atoms with Crippen LogP contribution in [0.3, 0.4) is 0 Å². The lowest BCUT2D eigenvalue weighted by molar-refractivity contribution is -0.122.